The number of aromatic nitrogens is 2. The van der Waals surface area contributed by atoms with Crippen LogP contribution in [0.4, 0.5) is 5.13 Å². The van der Waals surface area contributed by atoms with Gasteiger partial charge in [0, 0.05) is 24.5 Å². The number of anilines is 1. The normalized spacial score (nSPS) is 27.8. The van der Waals surface area contributed by atoms with Crippen molar-refractivity contribution < 1.29 is 0 Å². The molecule has 3 nitrogen and oxygen atoms in total. The van der Waals surface area contributed by atoms with Gasteiger partial charge in [0.2, 0.25) is 5.13 Å². The lowest BCUT2D eigenvalue weighted by molar-refractivity contribution is 0.515. The van der Waals surface area contributed by atoms with Gasteiger partial charge in [0.1, 0.15) is 5.82 Å². The van der Waals surface area contributed by atoms with E-state index in [9.17, 15) is 0 Å². The molecule has 1 heterocycles. The van der Waals surface area contributed by atoms with Crippen LogP contribution in [0.25, 0.3) is 0 Å². The highest BCUT2D eigenvalue weighted by atomic mass is 32.1. The second-order valence-corrected chi connectivity index (χ2v) is 4.47. The molecule has 1 aliphatic carbocycles. The fourth-order valence-corrected chi connectivity index (χ4v) is 2.60. The zero-order valence-electron chi connectivity index (χ0n) is 8.08. The van der Waals surface area contributed by atoms with Crippen molar-refractivity contribution in [3.05, 3.63) is 5.82 Å². The van der Waals surface area contributed by atoms with Gasteiger partial charge in [0.15, 0.2) is 0 Å². The van der Waals surface area contributed by atoms with Gasteiger partial charge in [-0.25, -0.2) is 4.98 Å². The molecule has 72 valence electrons. The molecule has 1 aliphatic rings. The lowest BCUT2D eigenvalue weighted by Crippen LogP contribution is -2.04. The molecule has 1 fully saturated rings. The quantitative estimate of drug-likeness (QED) is 0.791. The molecule has 13 heavy (non-hydrogen) atoms. The largest absolute Gasteiger partial charge is 0.363 e. The molecule has 0 bridgehead atoms. The van der Waals surface area contributed by atoms with Crippen LogP contribution in [-0.2, 0) is 0 Å². The van der Waals surface area contributed by atoms with Crippen molar-refractivity contribution in [2.45, 2.75) is 32.1 Å². The van der Waals surface area contributed by atoms with Gasteiger partial charge < -0.3 is 5.32 Å². The molecule has 1 saturated carbocycles. The molecule has 0 aromatic carbocycles. The number of rotatable bonds is 2. The topological polar surface area (TPSA) is 37.8 Å². The summed E-state index contributed by atoms with van der Waals surface area (Å²) in [4.78, 5) is 4.46. The molecular formula is C9H15N3S. The zero-order chi connectivity index (χ0) is 9.26. The summed E-state index contributed by atoms with van der Waals surface area (Å²) < 4.78 is 4.39. The SMILES string of the molecule is CNc1nc(C2CCCC2C)ns1. The molecular weight excluding hydrogens is 182 g/mol. The van der Waals surface area contributed by atoms with Gasteiger partial charge in [-0.2, -0.15) is 4.37 Å². The molecule has 2 unspecified atom stereocenters. The van der Waals surface area contributed by atoms with Crippen LogP contribution in [0.2, 0.25) is 0 Å². The second-order valence-electron chi connectivity index (χ2n) is 3.72. The first-order valence-electron chi connectivity index (χ1n) is 4.82. The second kappa shape index (κ2) is 3.62. The number of nitrogens with one attached hydrogen (secondary N) is 1. The van der Waals surface area contributed by atoms with Crippen LogP contribution in [0.15, 0.2) is 0 Å². The third-order valence-electron chi connectivity index (χ3n) is 2.85. The van der Waals surface area contributed by atoms with Crippen molar-refractivity contribution in [1.29, 1.82) is 0 Å². The molecule has 1 aromatic rings. The first kappa shape index (κ1) is 8.94. The predicted molar refractivity (Wildman–Crippen MR) is 55.2 cm³/mol. The first-order valence-corrected chi connectivity index (χ1v) is 5.60. The Labute approximate surface area is 82.8 Å². The van der Waals surface area contributed by atoms with E-state index in [2.05, 4.69) is 21.6 Å². The Morgan fingerprint density at radius 3 is 2.85 bits per heavy atom. The zero-order valence-corrected chi connectivity index (χ0v) is 8.90. The molecule has 4 heteroatoms. The molecule has 2 rings (SSSR count). The Morgan fingerprint density at radius 2 is 2.31 bits per heavy atom. The van der Waals surface area contributed by atoms with Crippen molar-refractivity contribution in [3.63, 3.8) is 0 Å². The summed E-state index contributed by atoms with van der Waals surface area (Å²) in [7, 11) is 1.89. The van der Waals surface area contributed by atoms with Gasteiger partial charge in [-0.05, 0) is 18.8 Å². The lowest BCUT2D eigenvalue weighted by Gasteiger charge is -2.09. The highest BCUT2D eigenvalue weighted by Gasteiger charge is 2.27. The van der Waals surface area contributed by atoms with E-state index < -0.39 is 0 Å². The molecule has 0 saturated heterocycles. The van der Waals surface area contributed by atoms with E-state index in [1.54, 1.807) is 0 Å². The maximum absolute atomic E-state index is 4.46. The smallest absolute Gasteiger partial charge is 0.202 e. The number of hydrogen-bond acceptors (Lipinski definition) is 4. The highest BCUT2D eigenvalue weighted by Crippen LogP contribution is 2.38. The van der Waals surface area contributed by atoms with E-state index in [-0.39, 0.29) is 0 Å². The summed E-state index contributed by atoms with van der Waals surface area (Å²) in [6, 6.07) is 0. The number of nitrogens with zero attached hydrogens (tertiary/aromatic N) is 2. The Bertz CT molecular complexity index is 284. The summed E-state index contributed by atoms with van der Waals surface area (Å²) in [5.41, 5.74) is 0. The monoisotopic (exact) mass is 197 g/mol. The van der Waals surface area contributed by atoms with E-state index >= 15 is 0 Å². The summed E-state index contributed by atoms with van der Waals surface area (Å²) in [5.74, 6) is 2.43. The van der Waals surface area contributed by atoms with Gasteiger partial charge in [-0.15, -0.1) is 0 Å². The van der Waals surface area contributed by atoms with Crippen LogP contribution >= 0.6 is 11.5 Å². The fourth-order valence-electron chi connectivity index (χ4n) is 2.02. The van der Waals surface area contributed by atoms with Crippen LogP contribution in [-0.4, -0.2) is 16.4 Å². The number of hydrogen-bond donors (Lipinski definition) is 1. The van der Waals surface area contributed by atoms with Crippen molar-refractivity contribution in [2.75, 3.05) is 12.4 Å². The lowest BCUT2D eigenvalue weighted by atomic mass is 9.98. The summed E-state index contributed by atoms with van der Waals surface area (Å²) in [5, 5.41) is 3.97. The van der Waals surface area contributed by atoms with Crippen molar-refractivity contribution in [1.82, 2.24) is 9.36 Å². The Balaban J connectivity index is 2.15. The molecule has 0 radical (unpaired) electrons. The summed E-state index contributed by atoms with van der Waals surface area (Å²) in [6.07, 6.45) is 3.93. The van der Waals surface area contributed by atoms with Crippen molar-refractivity contribution in [2.24, 2.45) is 5.92 Å². The van der Waals surface area contributed by atoms with Crippen LogP contribution in [0.5, 0.6) is 0 Å². The van der Waals surface area contributed by atoms with Crippen LogP contribution in [0, 0.1) is 5.92 Å². The van der Waals surface area contributed by atoms with Gasteiger partial charge in [0.05, 0.1) is 0 Å². The summed E-state index contributed by atoms with van der Waals surface area (Å²) in [6.45, 7) is 2.30. The minimum absolute atomic E-state index is 0.610. The van der Waals surface area contributed by atoms with Gasteiger partial charge in [-0.3, -0.25) is 0 Å². The Hall–Kier alpha value is -0.640. The average molecular weight is 197 g/mol. The molecule has 0 amide bonds. The molecule has 0 spiro atoms. The predicted octanol–water partition coefficient (Wildman–Crippen LogP) is 2.48. The average Bonchev–Trinajstić information content (AvgIpc) is 2.71. The highest BCUT2D eigenvalue weighted by molar-refractivity contribution is 7.09. The molecule has 1 aromatic heterocycles. The Morgan fingerprint density at radius 1 is 1.46 bits per heavy atom. The van der Waals surface area contributed by atoms with E-state index in [1.807, 2.05) is 7.05 Å². The maximum Gasteiger partial charge on any atom is 0.202 e. The fraction of sp³-hybridized carbons (Fsp3) is 0.778. The van der Waals surface area contributed by atoms with Crippen molar-refractivity contribution in [3.8, 4) is 0 Å². The maximum atomic E-state index is 4.46. The van der Waals surface area contributed by atoms with Gasteiger partial charge >= 0.3 is 0 Å². The van der Waals surface area contributed by atoms with E-state index in [0.29, 0.717) is 5.92 Å². The first-order chi connectivity index (χ1) is 6.31. The summed E-state index contributed by atoms with van der Waals surface area (Å²) >= 11 is 1.47. The minimum Gasteiger partial charge on any atom is -0.363 e. The van der Waals surface area contributed by atoms with Gasteiger partial charge in [-0.1, -0.05) is 13.3 Å². The van der Waals surface area contributed by atoms with Gasteiger partial charge in [0.25, 0.3) is 0 Å². The van der Waals surface area contributed by atoms with Crippen molar-refractivity contribution >= 4 is 16.7 Å². The third kappa shape index (κ3) is 1.68. The minimum atomic E-state index is 0.610. The van der Waals surface area contributed by atoms with E-state index in [1.165, 1.54) is 30.8 Å². The third-order valence-corrected chi connectivity index (χ3v) is 3.60. The van der Waals surface area contributed by atoms with Crippen LogP contribution in [0.3, 0.4) is 0 Å². The Kier molecular flexibility index (Phi) is 2.49. The molecule has 0 aliphatic heterocycles. The molecule has 1 N–H and O–H groups in total. The van der Waals surface area contributed by atoms with Crippen LogP contribution < -0.4 is 5.32 Å². The molecule has 2 atom stereocenters. The van der Waals surface area contributed by atoms with E-state index in [0.717, 1.165) is 16.9 Å². The van der Waals surface area contributed by atoms with Crippen LogP contribution in [0.1, 0.15) is 37.9 Å². The standard InChI is InChI=1S/C9H15N3S/c1-6-4-3-5-7(6)8-11-9(10-2)13-12-8/h6-7H,3-5H2,1-2H3,(H,10,11,12). The van der Waals surface area contributed by atoms with E-state index in [4.69, 9.17) is 0 Å².